The van der Waals surface area contributed by atoms with Gasteiger partial charge in [-0.15, -0.1) is 0 Å². The molecule has 3 rings (SSSR count). The number of nitrogen functional groups attached to an aromatic ring is 1. The minimum atomic E-state index is -1.62. The number of carbonyl (C=O) groups excluding carboxylic acids is 1. The van der Waals surface area contributed by atoms with E-state index < -0.39 is 29.4 Å². The highest BCUT2D eigenvalue weighted by Crippen LogP contribution is 2.35. The summed E-state index contributed by atoms with van der Waals surface area (Å²) >= 11 is 4.00. The van der Waals surface area contributed by atoms with Crippen molar-refractivity contribution < 1.29 is 24.5 Å². The third-order valence-electron chi connectivity index (χ3n) is 4.55. The molecule has 6 N–H and O–H groups in total. The Morgan fingerprint density at radius 3 is 3.00 bits per heavy atom. The predicted octanol–water partition coefficient (Wildman–Crippen LogP) is -1.39. The first-order valence-electron chi connectivity index (χ1n) is 8.21. The van der Waals surface area contributed by atoms with Crippen molar-refractivity contribution in [3.8, 4) is 0 Å². The number of aliphatic hydroxyl groups excluding tert-OH is 1. The van der Waals surface area contributed by atoms with E-state index in [1.807, 2.05) is 0 Å². The van der Waals surface area contributed by atoms with E-state index in [1.165, 1.54) is 24.1 Å². The van der Waals surface area contributed by atoms with Gasteiger partial charge in [0.15, 0.2) is 17.7 Å². The van der Waals surface area contributed by atoms with E-state index in [2.05, 4.69) is 27.6 Å². The van der Waals surface area contributed by atoms with E-state index in [0.29, 0.717) is 11.2 Å². The van der Waals surface area contributed by atoms with Gasteiger partial charge in [0.1, 0.15) is 29.1 Å². The number of ether oxygens (including phenoxy) is 2. The quantitative estimate of drug-likeness (QED) is 0.288. The van der Waals surface area contributed by atoms with Crippen molar-refractivity contribution in [1.29, 1.82) is 0 Å². The molecule has 0 aliphatic carbocycles. The van der Waals surface area contributed by atoms with Crippen molar-refractivity contribution >= 4 is 35.6 Å². The maximum atomic E-state index is 11.9. The van der Waals surface area contributed by atoms with E-state index in [9.17, 15) is 15.0 Å². The van der Waals surface area contributed by atoms with Crippen LogP contribution in [0.5, 0.6) is 0 Å². The fourth-order valence-corrected chi connectivity index (χ4v) is 2.86. The second kappa shape index (κ2) is 7.20. The van der Waals surface area contributed by atoms with Crippen LogP contribution in [0.4, 0.5) is 5.82 Å². The van der Waals surface area contributed by atoms with Crippen LogP contribution in [0.3, 0.4) is 0 Å². The van der Waals surface area contributed by atoms with Crippen molar-refractivity contribution in [3.05, 3.63) is 12.7 Å². The molecule has 2 aromatic heterocycles. The number of hydrogen-bond acceptors (Lipinski definition) is 11. The van der Waals surface area contributed by atoms with Gasteiger partial charge in [0.25, 0.3) is 0 Å². The topological polar surface area (TPSA) is 172 Å². The van der Waals surface area contributed by atoms with Crippen molar-refractivity contribution in [2.24, 2.45) is 5.73 Å². The second-order valence-electron chi connectivity index (χ2n) is 6.79. The molecule has 12 heteroatoms. The van der Waals surface area contributed by atoms with Gasteiger partial charge in [-0.25, -0.2) is 15.0 Å². The number of imidazole rings is 1. The third-order valence-corrected chi connectivity index (χ3v) is 5.21. The highest BCUT2D eigenvalue weighted by atomic mass is 32.1. The molecule has 0 bridgehead atoms. The first-order chi connectivity index (χ1) is 12.7. The average molecular weight is 398 g/mol. The van der Waals surface area contributed by atoms with Crippen LogP contribution in [0.1, 0.15) is 19.6 Å². The summed E-state index contributed by atoms with van der Waals surface area (Å²) in [5.74, 6) is -0.330. The van der Waals surface area contributed by atoms with Crippen LogP contribution in [-0.2, 0) is 14.3 Å². The molecule has 2 aromatic rings. The molecular weight excluding hydrogens is 376 g/mol. The van der Waals surface area contributed by atoms with Crippen molar-refractivity contribution in [1.82, 2.24) is 19.5 Å². The smallest absolute Gasteiger partial charge is 0.326 e. The number of thiol groups is 1. The van der Waals surface area contributed by atoms with E-state index in [1.54, 1.807) is 0 Å². The fourth-order valence-electron chi connectivity index (χ4n) is 2.73. The minimum absolute atomic E-state index is 0.0389. The summed E-state index contributed by atoms with van der Waals surface area (Å²) in [6, 6.07) is 0. The Hall–Kier alpha value is -1.99. The maximum Gasteiger partial charge on any atom is 0.326 e. The molecule has 2 unspecified atom stereocenters. The summed E-state index contributed by atoms with van der Waals surface area (Å²) in [6.07, 6.45) is 0.403. The zero-order valence-electron chi connectivity index (χ0n) is 14.6. The zero-order valence-corrected chi connectivity index (χ0v) is 15.5. The van der Waals surface area contributed by atoms with Crippen molar-refractivity contribution in [2.45, 2.75) is 36.8 Å². The first-order valence-corrected chi connectivity index (χ1v) is 8.85. The second-order valence-corrected chi connectivity index (χ2v) is 7.11. The lowest BCUT2D eigenvalue weighted by Gasteiger charge is -2.27. The molecule has 0 amide bonds. The molecule has 148 valence electrons. The van der Waals surface area contributed by atoms with Gasteiger partial charge in [-0.05, 0) is 6.92 Å². The van der Waals surface area contributed by atoms with E-state index in [0.717, 1.165) is 0 Å². The molecule has 11 nitrogen and oxygen atoms in total. The Balaban J connectivity index is 1.69. The van der Waals surface area contributed by atoms with Crippen LogP contribution >= 0.6 is 12.6 Å². The molecule has 3 heterocycles. The van der Waals surface area contributed by atoms with Gasteiger partial charge in [0.05, 0.1) is 19.5 Å². The highest BCUT2D eigenvalue weighted by Gasteiger charge is 2.49. The molecule has 1 aliphatic rings. The molecule has 1 aliphatic heterocycles. The number of aliphatic hydroxyl groups is 2. The number of nitrogens with two attached hydrogens (primary N) is 2. The molecule has 27 heavy (non-hydrogen) atoms. The van der Waals surface area contributed by atoms with Gasteiger partial charge in [-0.2, -0.15) is 12.6 Å². The van der Waals surface area contributed by atoms with Gasteiger partial charge < -0.3 is 31.2 Å². The number of hydrogen-bond donors (Lipinski definition) is 5. The number of nitrogens with zero attached hydrogens (tertiary/aromatic N) is 4. The number of anilines is 1. The monoisotopic (exact) mass is 398 g/mol. The molecule has 0 saturated carbocycles. The molecule has 0 spiro atoms. The standard InChI is InChI=1S/C15H22N6O5S/c1-14(17,5-27)13(23)25-3-2-15(24)4-26-12(9(15)22)21-7-20-8-10(16)18-6-19-11(8)21/h6-7,9,12,22,24,27H,2-5,17H2,1H3,(H2,16,18,19)/t9?,12?,14-,15+/m0/s1. The van der Waals surface area contributed by atoms with Crippen molar-refractivity contribution in [2.75, 3.05) is 24.7 Å². The molecular formula is C15H22N6O5S. The lowest BCUT2D eigenvalue weighted by molar-refractivity contribution is -0.151. The summed E-state index contributed by atoms with van der Waals surface area (Å²) in [5, 5.41) is 21.3. The minimum Gasteiger partial charge on any atom is -0.464 e. The summed E-state index contributed by atoms with van der Waals surface area (Å²) < 4.78 is 12.1. The largest absolute Gasteiger partial charge is 0.464 e. The maximum absolute atomic E-state index is 11.9. The molecule has 4 atom stereocenters. The van der Waals surface area contributed by atoms with E-state index in [4.69, 9.17) is 20.9 Å². The SMILES string of the molecule is C[C@](N)(CS)C(=O)OCC[C@@]1(O)COC(n2cnc3c(N)ncnc32)C1O. The average Bonchev–Trinajstić information content (AvgIpc) is 3.18. The Kier molecular flexibility index (Phi) is 5.27. The van der Waals surface area contributed by atoms with Crippen molar-refractivity contribution in [3.63, 3.8) is 0 Å². The Bertz CT molecular complexity index is 845. The lowest BCUT2D eigenvalue weighted by atomic mass is 9.95. The van der Waals surface area contributed by atoms with Gasteiger partial charge in [-0.3, -0.25) is 9.36 Å². The van der Waals surface area contributed by atoms with Crippen LogP contribution < -0.4 is 11.5 Å². The summed E-state index contributed by atoms with van der Waals surface area (Å²) in [6.45, 7) is 1.20. The van der Waals surface area contributed by atoms with Gasteiger partial charge in [0, 0.05) is 12.2 Å². The van der Waals surface area contributed by atoms with E-state index >= 15 is 0 Å². The Labute approximate surface area is 160 Å². The summed E-state index contributed by atoms with van der Waals surface area (Å²) in [5.41, 5.74) is 9.39. The normalized spacial score (nSPS) is 27.6. The highest BCUT2D eigenvalue weighted by molar-refractivity contribution is 7.80. The first kappa shape index (κ1) is 19.8. The van der Waals surface area contributed by atoms with Crippen LogP contribution in [0.15, 0.2) is 12.7 Å². The molecule has 0 radical (unpaired) electrons. The lowest BCUT2D eigenvalue weighted by Crippen LogP contribution is -2.49. The number of fused-ring (bicyclic) bond motifs is 1. The molecule has 1 saturated heterocycles. The number of esters is 1. The van der Waals surface area contributed by atoms with Gasteiger partial charge in [0.2, 0.25) is 0 Å². The van der Waals surface area contributed by atoms with Gasteiger partial charge >= 0.3 is 5.97 Å². The third kappa shape index (κ3) is 3.58. The summed E-state index contributed by atoms with van der Waals surface area (Å²) in [7, 11) is 0. The molecule has 1 fully saturated rings. The zero-order chi connectivity index (χ0) is 19.8. The van der Waals surface area contributed by atoms with Crippen LogP contribution in [0.2, 0.25) is 0 Å². The number of aromatic nitrogens is 4. The van der Waals surface area contributed by atoms with Crippen LogP contribution in [0.25, 0.3) is 11.2 Å². The van der Waals surface area contributed by atoms with E-state index in [-0.39, 0.29) is 31.2 Å². The van der Waals surface area contributed by atoms with Gasteiger partial charge in [-0.1, -0.05) is 0 Å². The molecule has 0 aromatic carbocycles. The summed E-state index contributed by atoms with van der Waals surface area (Å²) in [4.78, 5) is 23.9. The Morgan fingerprint density at radius 1 is 1.56 bits per heavy atom. The number of carbonyl (C=O) groups is 1. The predicted molar refractivity (Wildman–Crippen MR) is 97.7 cm³/mol. The fraction of sp³-hybridized carbons (Fsp3) is 0.600. The van der Waals surface area contributed by atoms with Crippen LogP contribution in [-0.4, -0.2) is 71.9 Å². The Morgan fingerprint density at radius 2 is 2.30 bits per heavy atom. The van der Waals surface area contributed by atoms with Crippen LogP contribution in [0, 0.1) is 0 Å². The number of rotatable bonds is 6.